The number of anilines is 1. The van der Waals surface area contributed by atoms with Gasteiger partial charge in [-0.15, -0.1) is 0 Å². The SMILES string of the molecule is Cc1ccc(NC(=O)/C=C/c2cc(Cl)c3c(c2)OCO3)c(C)c1. The molecule has 0 bridgehead atoms. The van der Waals surface area contributed by atoms with Gasteiger partial charge in [-0.05, 0) is 49.2 Å². The Balaban J connectivity index is 1.72. The van der Waals surface area contributed by atoms with Crippen molar-refractivity contribution in [3.8, 4) is 11.5 Å². The highest BCUT2D eigenvalue weighted by molar-refractivity contribution is 6.32. The summed E-state index contributed by atoms with van der Waals surface area (Å²) >= 11 is 6.12. The molecule has 0 unspecified atom stereocenters. The fourth-order valence-corrected chi connectivity index (χ4v) is 2.66. The summed E-state index contributed by atoms with van der Waals surface area (Å²) in [5.74, 6) is 0.932. The molecule has 0 atom stereocenters. The number of nitrogens with one attached hydrogen (secondary N) is 1. The number of halogens is 1. The van der Waals surface area contributed by atoms with Crippen LogP contribution in [0.1, 0.15) is 16.7 Å². The molecule has 0 spiro atoms. The van der Waals surface area contributed by atoms with E-state index in [1.54, 1.807) is 18.2 Å². The van der Waals surface area contributed by atoms with E-state index in [9.17, 15) is 4.79 Å². The maximum absolute atomic E-state index is 12.1. The van der Waals surface area contributed by atoms with Gasteiger partial charge in [-0.25, -0.2) is 0 Å². The molecule has 118 valence electrons. The van der Waals surface area contributed by atoms with E-state index >= 15 is 0 Å². The van der Waals surface area contributed by atoms with E-state index < -0.39 is 0 Å². The number of amides is 1. The van der Waals surface area contributed by atoms with Crippen LogP contribution >= 0.6 is 11.6 Å². The molecule has 1 aliphatic heterocycles. The van der Waals surface area contributed by atoms with Crippen LogP contribution in [0.15, 0.2) is 36.4 Å². The molecule has 23 heavy (non-hydrogen) atoms. The quantitative estimate of drug-likeness (QED) is 0.852. The van der Waals surface area contributed by atoms with Gasteiger partial charge < -0.3 is 14.8 Å². The maximum atomic E-state index is 12.1. The summed E-state index contributed by atoms with van der Waals surface area (Å²) < 4.78 is 10.6. The van der Waals surface area contributed by atoms with Crippen LogP contribution in [0.25, 0.3) is 6.08 Å². The van der Waals surface area contributed by atoms with Gasteiger partial charge >= 0.3 is 0 Å². The first-order valence-electron chi connectivity index (χ1n) is 7.18. The van der Waals surface area contributed by atoms with Gasteiger partial charge in [0.15, 0.2) is 11.5 Å². The lowest BCUT2D eigenvalue weighted by Gasteiger charge is -2.07. The van der Waals surface area contributed by atoms with Gasteiger partial charge in [-0.3, -0.25) is 4.79 Å². The predicted octanol–water partition coefficient (Wildman–Crippen LogP) is 4.34. The van der Waals surface area contributed by atoms with E-state index in [1.807, 2.05) is 32.0 Å². The van der Waals surface area contributed by atoms with Crippen molar-refractivity contribution < 1.29 is 14.3 Å². The number of aryl methyl sites for hydroxylation is 2. The van der Waals surface area contributed by atoms with Crippen molar-refractivity contribution in [1.82, 2.24) is 0 Å². The van der Waals surface area contributed by atoms with Crippen LogP contribution in [0, 0.1) is 13.8 Å². The van der Waals surface area contributed by atoms with Gasteiger partial charge in [0.2, 0.25) is 12.7 Å². The van der Waals surface area contributed by atoms with E-state index in [0.29, 0.717) is 16.5 Å². The number of hydrogen-bond donors (Lipinski definition) is 1. The van der Waals surface area contributed by atoms with Crippen molar-refractivity contribution in [2.45, 2.75) is 13.8 Å². The molecular formula is C18H16ClNO3. The van der Waals surface area contributed by atoms with E-state index in [4.69, 9.17) is 21.1 Å². The van der Waals surface area contributed by atoms with Gasteiger partial charge in [0.1, 0.15) is 0 Å². The minimum atomic E-state index is -0.203. The van der Waals surface area contributed by atoms with E-state index in [-0.39, 0.29) is 12.7 Å². The van der Waals surface area contributed by atoms with E-state index in [2.05, 4.69) is 5.32 Å². The zero-order valence-corrected chi connectivity index (χ0v) is 13.6. The van der Waals surface area contributed by atoms with Crippen LogP contribution < -0.4 is 14.8 Å². The lowest BCUT2D eigenvalue weighted by Crippen LogP contribution is -2.08. The third kappa shape index (κ3) is 3.48. The van der Waals surface area contributed by atoms with E-state index in [1.165, 1.54) is 6.08 Å². The molecule has 0 saturated carbocycles. The molecule has 1 N–H and O–H groups in total. The average molecular weight is 330 g/mol. The van der Waals surface area contributed by atoms with Crippen molar-refractivity contribution in [2.24, 2.45) is 0 Å². The lowest BCUT2D eigenvalue weighted by molar-refractivity contribution is -0.111. The van der Waals surface area contributed by atoms with Gasteiger partial charge in [-0.1, -0.05) is 29.3 Å². The van der Waals surface area contributed by atoms with Crippen molar-refractivity contribution in [3.63, 3.8) is 0 Å². The Morgan fingerprint density at radius 3 is 2.83 bits per heavy atom. The first-order chi connectivity index (χ1) is 11.0. The first kappa shape index (κ1) is 15.4. The molecule has 5 heteroatoms. The Bertz CT molecular complexity index is 799. The van der Waals surface area contributed by atoms with Gasteiger partial charge in [-0.2, -0.15) is 0 Å². The minimum Gasteiger partial charge on any atom is -0.454 e. The zero-order chi connectivity index (χ0) is 16.4. The molecule has 3 rings (SSSR count). The summed E-state index contributed by atoms with van der Waals surface area (Å²) in [5, 5.41) is 3.33. The standard InChI is InChI=1S/C18H16ClNO3/c1-11-3-5-15(12(2)7-11)20-17(21)6-4-13-8-14(19)18-16(9-13)22-10-23-18/h3-9H,10H2,1-2H3,(H,20,21)/b6-4+. The van der Waals surface area contributed by atoms with Crippen molar-refractivity contribution in [1.29, 1.82) is 0 Å². The highest BCUT2D eigenvalue weighted by atomic mass is 35.5. The lowest BCUT2D eigenvalue weighted by atomic mass is 10.1. The summed E-state index contributed by atoms with van der Waals surface area (Å²) in [5.41, 5.74) is 3.76. The van der Waals surface area contributed by atoms with Crippen LogP contribution in [-0.2, 0) is 4.79 Å². The summed E-state index contributed by atoms with van der Waals surface area (Å²) in [4.78, 5) is 12.1. The summed E-state index contributed by atoms with van der Waals surface area (Å²) in [6.45, 7) is 4.14. The fraction of sp³-hybridized carbons (Fsp3) is 0.167. The van der Waals surface area contributed by atoms with Gasteiger partial charge in [0.25, 0.3) is 0 Å². The average Bonchev–Trinajstić information content (AvgIpc) is 2.97. The molecule has 2 aromatic rings. The van der Waals surface area contributed by atoms with Crippen LogP contribution in [0.5, 0.6) is 11.5 Å². The molecule has 0 saturated heterocycles. The van der Waals surface area contributed by atoms with Crippen LogP contribution in [0.2, 0.25) is 5.02 Å². The van der Waals surface area contributed by atoms with Crippen molar-refractivity contribution in [3.05, 3.63) is 58.1 Å². The third-order valence-electron chi connectivity index (χ3n) is 3.52. The molecule has 1 heterocycles. The smallest absolute Gasteiger partial charge is 0.248 e. The zero-order valence-electron chi connectivity index (χ0n) is 12.9. The Hall–Kier alpha value is -2.46. The summed E-state index contributed by atoms with van der Waals surface area (Å²) in [6, 6.07) is 9.40. The fourth-order valence-electron chi connectivity index (χ4n) is 2.38. The number of fused-ring (bicyclic) bond motifs is 1. The van der Waals surface area contributed by atoms with Crippen molar-refractivity contribution >= 4 is 29.3 Å². The third-order valence-corrected chi connectivity index (χ3v) is 3.80. The topological polar surface area (TPSA) is 47.6 Å². The van der Waals surface area contributed by atoms with Gasteiger partial charge in [0.05, 0.1) is 5.02 Å². The second-order valence-corrected chi connectivity index (χ2v) is 5.78. The second kappa shape index (κ2) is 6.34. The molecule has 0 radical (unpaired) electrons. The highest BCUT2D eigenvalue weighted by Crippen LogP contribution is 2.40. The first-order valence-corrected chi connectivity index (χ1v) is 7.56. The van der Waals surface area contributed by atoms with Crippen LogP contribution in [-0.4, -0.2) is 12.7 Å². The molecule has 4 nitrogen and oxygen atoms in total. The molecule has 0 aromatic heterocycles. The normalized spacial score (nSPS) is 12.7. The number of benzene rings is 2. The maximum Gasteiger partial charge on any atom is 0.248 e. The number of rotatable bonds is 3. The molecular weight excluding hydrogens is 314 g/mol. The predicted molar refractivity (Wildman–Crippen MR) is 91.2 cm³/mol. The highest BCUT2D eigenvalue weighted by Gasteiger charge is 2.17. The monoisotopic (exact) mass is 329 g/mol. The molecule has 1 aliphatic rings. The largest absolute Gasteiger partial charge is 0.454 e. The number of carbonyl (C=O) groups excluding carboxylic acids is 1. The van der Waals surface area contributed by atoms with E-state index in [0.717, 1.165) is 22.4 Å². The molecule has 0 aliphatic carbocycles. The Morgan fingerprint density at radius 2 is 2.04 bits per heavy atom. The summed E-state index contributed by atoms with van der Waals surface area (Å²) in [6.07, 6.45) is 3.15. The Labute approximate surface area is 139 Å². The number of hydrogen-bond acceptors (Lipinski definition) is 3. The second-order valence-electron chi connectivity index (χ2n) is 5.38. The number of carbonyl (C=O) groups is 1. The molecule has 1 amide bonds. The minimum absolute atomic E-state index is 0.162. The van der Waals surface area contributed by atoms with Gasteiger partial charge in [0, 0.05) is 11.8 Å². The molecule has 2 aromatic carbocycles. The van der Waals surface area contributed by atoms with Crippen LogP contribution in [0.3, 0.4) is 0 Å². The Morgan fingerprint density at radius 1 is 1.22 bits per heavy atom. The summed E-state index contributed by atoms with van der Waals surface area (Å²) in [7, 11) is 0. The molecule has 0 fully saturated rings. The van der Waals surface area contributed by atoms with Crippen LogP contribution in [0.4, 0.5) is 5.69 Å². The number of ether oxygens (including phenoxy) is 2. The van der Waals surface area contributed by atoms with Crippen molar-refractivity contribution in [2.75, 3.05) is 12.1 Å². The Kier molecular flexibility index (Phi) is 4.26.